The molecule has 6 heteroatoms. The second-order valence-corrected chi connectivity index (χ2v) is 6.79. The van der Waals surface area contributed by atoms with E-state index in [2.05, 4.69) is 21.2 Å². The summed E-state index contributed by atoms with van der Waals surface area (Å²) in [6.45, 7) is 2.20. The number of halogens is 1. The van der Waals surface area contributed by atoms with Crippen molar-refractivity contribution in [1.82, 2.24) is 0 Å². The lowest BCUT2D eigenvalue weighted by atomic mass is 10.1. The Balaban J connectivity index is 1.97. The van der Waals surface area contributed by atoms with Crippen molar-refractivity contribution in [2.45, 2.75) is 19.8 Å². The Hall–Kier alpha value is -2.34. The molecule has 1 aliphatic heterocycles. The van der Waals surface area contributed by atoms with Gasteiger partial charge in [0.05, 0.1) is 24.9 Å². The van der Waals surface area contributed by atoms with Crippen molar-refractivity contribution in [1.29, 1.82) is 0 Å². The minimum absolute atomic E-state index is 0.0882. The van der Waals surface area contributed by atoms with Gasteiger partial charge in [-0.15, -0.1) is 0 Å². The molecule has 1 heterocycles. The first-order valence-electron chi connectivity index (χ1n) is 8.03. The summed E-state index contributed by atoms with van der Waals surface area (Å²) in [5.41, 5.74) is 3.29. The van der Waals surface area contributed by atoms with Crippen LogP contribution in [-0.2, 0) is 22.4 Å². The molecule has 130 valence electrons. The number of nitrogens with zero attached hydrogens (tertiary/aromatic N) is 1. The molecule has 0 aromatic heterocycles. The summed E-state index contributed by atoms with van der Waals surface area (Å²) in [7, 11) is 1.57. The van der Waals surface area contributed by atoms with Crippen LogP contribution < -0.4 is 15.0 Å². The Morgan fingerprint density at radius 2 is 2.04 bits per heavy atom. The molecule has 25 heavy (non-hydrogen) atoms. The fourth-order valence-corrected chi connectivity index (χ4v) is 3.61. The Kier molecular flexibility index (Phi) is 5.08. The third-order valence-corrected chi connectivity index (χ3v) is 4.66. The van der Waals surface area contributed by atoms with Crippen LogP contribution in [0.15, 0.2) is 40.9 Å². The molecule has 2 aromatic rings. The van der Waals surface area contributed by atoms with E-state index in [0.29, 0.717) is 11.4 Å². The van der Waals surface area contributed by atoms with Gasteiger partial charge in [-0.25, -0.2) is 4.90 Å². The van der Waals surface area contributed by atoms with E-state index < -0.39 is 0 Å². The van der Waals surface area contributed by atoms with Gasteiger partial charge in [-0.05, 0) is 30.2 Å². The number of imide groups is 1. The zero-order valence-electron chi connectivity index (χ0n) is 14.1. The number of rotatable bonds is 4. The number of methoxy groups -OCH3 is 1. The van der Waals surface area contributed by atoms with E-state index in [4.69, 9.17) is 4.74 Å². The van der Waals surface area contributed by atoms with Crippen LogP contribution in [0.1, 0.15) is 18.1 Å². The van der Waals surface area contributed by atoms with Gasteiger partial charge >= 0.3 is 0 Å². The molecule has 0 radical (unpaired) electrons. The second-order valence-electron chi connectivity index (χ2n) is 5.87. The largest absolute Gasteiger partial charge is 0.496 e. The zero-order chi connectivity index (χ0) is 18.0. The highest BCUT2D eigenvalue weighted by Crippen LogP contribution is 2.37. The first kappa shape index (κ1) is 17.5. The van der Waals surface area contributed by atoms with Crippen molar-refractivity contribution >= 4 is 39.1 Å². The summed E-state index contributed by atoms with van der Waals surface area (Å²) in [5, 5.41) is 3.28. The van der Waals surface area contributed by atoms with Crippen LogP contribution in [-0.4, -0.2) is 25.5 Å². The number of ether oxygens (including phenoxy) is 1. The molecule has 0 aliphatic carbocycles. The number of benzene rings is 2. The first-order valence-corrected chi connectivity index (χ1v) is 8.82. The SMILES string of the molecule is COc1ccccc1CC(=O)N(C(C)=O)c1cc(Br)cc2c1NCC2. The Bertz CT molecular complexity index is 835. The molecule has 0 atom stereocenters. The predicted molar refractivity (Wildman–Crippen MR) is 101 cm³/mol. The monoisotopic (exact) mass is 402 g/mol. The third-order valence-electron chi connectivity index (χ3n) is 4.20. The summed E-state index contributed by atoms with van der Waals surface area (Å²) in [6.07, 6.45) is 0.957. The highest BCUT2D eigenvalue weighted by atomic mass is 79.9. The van der Waals surface area contributed by atoms with E-state index in [0.717, 1.165) is 34.3 Å². The van der Waals surface area contributed by atoms with Crippen LogP contribution in [0, 0.1) is 0 Å². The average Bonchev–Trinajstić information content (AvgIpc) is 3.03. The Labute approximate surface area is 155 Å². The highest BCUT2D eigenvalue weighted by molar-refractivity contribution is 9.10. The maximum absolute atomic E-state index is 12.9. The fraction of sp³-hybridized carbons (Fsp3) is 0.263. The molecule has 2 aromatic carbocycles. The lowest BCUT2D eigenvalue weighted by molar-refractivity contribution is -0.125. The van der Waals surface area contributed by atoms with Crippen LogP contribution in [0.4, 0.5) is 11.4 Å². The smallest absolute Gasteiger partial charge is 0.238 e. The van der Waals surface area contributed by atoms with Gasteiger partial charge in [0.15, 0.2) is 0 Å². The molecule has 0 spiro atoms. The molecule has 0 unspecified atom stereocenters. The summed E-state index contributed by atoms with van der Waals surface area (Å²) >= 11 is 3.47. The average molecular weight is 403 g/mol. The lowest BCUT2D eigenvalue weighted by Gasteiger charge is -2.23. The fourth-order valence-electron chi connectivity index (χ4n) is 3.12. The van der Waals surface area contributed by atoms with E-state index in [1.165, 1.54) is 11.8 Å². The molecule has 2 amide bonds. The maximum Gasteiger partial charge on any atom is 0.238 e. The zero-order valence-corrected chi connectivity index (χ0v) is 15.7. The van der Waals surface area contributed by atoms with E-state index in [1.807, 2.05) is 24.3 Å². The van der Waals surface area contributed by atoms with Gasteiger partial charge < -0.3 is 10.1 Å². The number of para-hydroxylation sites is 1. The van der Waals surface area contributed by atoms with E-state index >= 15 is 0 Å². The van der Waals surface area contributed by atoms with Gasteiger partial charge in [-0.2, -0.15) is 0 Å². The van der Waals surface area contributed by atoms with Crippen molar-refractivity contribution in [2.75, 3.05) is 23.9 Å². The molecule has 0 saturated carbocycles. The minimum Gasteiger partial charge on any atom is -0.496 e. The van der Waals surface area contributed by atoms with Crippen molar-refractivity contribution < 1.29 is 14.3 Å². The lowest BCUT2D eigenvalue weighted by Crippen LogP contribution is -2.37. The third kappa shape index (κ3) is 3.54. The number of amides is 2. The number of anilines is 2. The molecule has 1 N–H and O–H groups in total. The van der Waals surface area contributed by atoms with Gasteiger partial charge in [-0.3, -0.25) is 9.59 Å². The first-order chi connectivity index (χ1) is 12.0. The Morgan fingerprint density at radius 1 is 1.28 bits per heavy atom. The topological polar surface area (TPSA) is 58.6 Å². The number of carbonyl (C=O) groups excluding carboxylic acids is 2. The number of hydrogen-bond acceptors (Lipinski definition) is 4. The molecule has 3 rings (SSSR count). The van der Waals surface area contributed by atoms with Crippen LogP contribution in [0.25, 0.3) is 0 Å². The quantitative estimate of drug-likeness (QED) is 0.849. The van der Waals surface area contributed by atoms with Crippen molar-refractivity contribution in [3.05, 3.63) is 52.0 Å². The molecule has 1 aliphatic rings. The number of carbonyl (C=O) groups is 2. The summed E-state index contributed by atoms with van der Waals surface area (Å²) in [6, 6.07) is 11.2. The normalized spacial score (nSPS) is 12.3. The van der Waals surface area contributed by atoms with E-state index in [1.54, 1.807) is 19.2 Å². The van der Waals surface area contributed by atoms with E-state index in [9.17, 15) is 9.59 Å². The van der Waals surface area contributed by atoms with Crippen LogP contribution in [0.3, 0.4) is 0 Å². The van der Waals surface area contributed by atoms with Gasteiger partial charge in [0.1, 0.15) is 5.75 Å². The molecular formula is C19H19BrN2O3. The number of fused-ring (bicyclic) bond motifs is 1. The summed E-state index contributed by atoms with van der Waals surface area (Å²) < 4.78 is 6.16. The molecule has 0 bridgehead atoms. The van der Waals surface area contributed by atoms with Crippen molar-refractivity contribution in [3.8, 4) is 5.75 Å². The van der Waals surface area contributed by atoms with E-state index in [-0.39, 0.29) is 18.2 Å². The number of hydrogen-bond donors (Lipinski definition) is 1. The van der Waals surface area contributed by atoms with Crippen molar-refractivity contribution in [3.63, 3.8) is 0 Å². The molecule has 5 nitrogen and oxygen atoms in total. The maximum atomic E-state index is 12.9. The second kappa shape index (κ2) is 7.27. The van der Waals surface area contributed by atoms with Gasteiger partial charge in [0, 0.05) is 23.5 Å². The summed E-state index contributed by atoms with van der Waals surface area (Å²) in [5.74, 6) is 0.0387. The van der Waals surface area contributed by atoms with Crippen molar-refractivity contribution in [2.24, 2.45) is 0 Å². The van der Waals surface area contributed by atoms with Gasteiger partial charge in [0.2, 0.25) is 11.8 Å². The summed E-state index contributed by atoms with van der Waals surface area (Å²) in [4.78, 5) is 26.5. The molecule has 0 fully saturated rings. The minimum atomic E-state index is -0.311. The number of nitrogens with one attached hydrogen (secondary N) is 1. The van der Waals surface area contributed by atoms with Crippen LogP contribution >= 0.6 is 15.9 Å². The van der Waals surface area contributed by atoms with Crippen LogP contribution in [0.2, 0.25) is 0 Å². The highest BCUT2D eigenvalue weighted by Gasteiger charge is 2.27. The standard InChI is InChI=1S/C19H19BrN2O3/c1-12(23)22(16-11-15(20)9-14-7-8-21-19(14)16)18(24)10-13-5-3-4-6-17(13)25-2/h3-6,9,11,21H,7-8,10H2,1-2H3. The van der Waals surface area contributed by atoms with Gasteiger partial charge in [0.25, 0.3) is 0 Å². The van der Waals surface area contributed by atoms with Gasteiger partial charge in [-0.1, -0.05) is 34.1 Å². The Morgan fingerprint density at radius 3 is 2.76 bits per heavy atom. The predicted octanol–water partition coefficient (Wildman–Crippen LogP) is 3.55. The molecule has 0 saturated heterocycles. The van der Waals surface area contributed by atoms with Crippen LogP contribution in [0.5, 0.6) is 5.75 Å². The molecular weight excluding hydrogens is 384 g/mol.